The molecule has 48 heavy (non-hydrogen) atoms. The number of aromatic nitrogens is 1. The number of fused-ring (bicyclic) bond motifs is 3. The summed E-state index contributed by atoms with van der Waals surface area (Å²) in [5.41, 5.74) is 10.3. The monoisotopic (exact) mass is 630 g/mol. The summed E-state index contributed by atoms with van der Waals surface area (Å²) in [5, 5.41) is 6.11. The van der Waals surface area contributed by atoms with E-state index in [0.29, 0.717) is 0 Å². The third-order valence-electron chi connectivity index (χ3n) is 9.06. The number of rotatable bonds is 6. The van der Waals surface area contributed by atoms with E-state index in [2.05, 4.69) is 181 Å². The molecule has 0 spiro atoms. The second kappa shape index (κ2) is 12.0. The van der Waals surface area contributed by atoms with E-state index in [4.69, 9.17) is 4.98 Å². The van der Waals surface area contributed by atoms with Gasteiger partial charge in [0.15, 0.2) is 0 Å². The number of benzene rings is 8. The largest absolute Gasteiger partial charge is 0.311 e. The molecule has 0 aliphatic heterocycles. The first-order chi connectivity index (χ1) is 23.7. The van der Waals surface area contributed by atoms with Crippen LogP contribution in [0, 0.1) is 0 Å². The van der Waals surface area contributed by atoms with Gasteiger partial charge in [-0.25, -0.2) is 4.98 Å². The third kappa shape index (κ3) is 5.30. The molecular formula is C45H30N2S. The van der Waals surface area contributed by atoms with Crippen molar-refractivity contribution in [3.8, 4) is 32.8 Å². The van der Waals surface area contributed by atoms with Gasteiger partial charge in [-0.05, 0) is 111 Å². The Morgan fingerprint density at radius 2 is 0.833 bits per heavy atom. The van der Waals surface area contributed by atoms with Crippen molar-refractivity contribution in [2.24, 2.45) is 0 Å². The van der Waals surface area contributed by atoms with Crippen LogP contribution in [0.15, 0.2) is 182 Å². The maximum Gasteiger partial charge on any atom is 0.124 e. The molecule has 0 saturated heterocycles. The molecule has 0 aliphatic carbocycles. The molecule has 2 nitrogen and oxygen atoms in total. The molecule has 0 N–H and O–H groups in total. The van der Waals surface area contributed by atoms with Crippen LogP contribution in [0.4, 0.5) is 17.1 Å². The first kappa shape index (κ1) is 28.2. The van der Waals surface area contributed by atoms with Crippen LogP contribution >= 0.6 is 11.3 Å². The second-order valence-corrected chi connectivity index (χ2v) is 13.1. The van der Waals surface area contributed by atoms with Crippen LogP contribution in [-0.4, -0.2) is 4.98 Å². The van der Waals surface area contributed by atoms with Crippen LogP contribution < -0.4 is 4.90 Å². The van der Waals surface area contributed by atoms with Crippen LogP contribution in [-0.2, 0) is 0 Å². The van der Waals surface area contributed by atoms with E-state index in [9.17, 15) is 0 Å². The van der Waals surface area contributed by atoms with E-state index >= 15 is 0 Å². The Morgan fingerprint density at radius 3 is 1.50 bits per heavy atom. The SMILES string of the molecule is c1ccc(N(c2ccc(-c3ccc(-c4nc5ccccc5s4)cc3)cc2)c2ccc(-c3ccc4cc5ccccc5cc4c3)cc2)cc1. The summed E-state index contributed by atoms with van der Waals surface area (Å²) in [5.74, 6) is 0. The predicted molar refractivity (Wildman–Crippen MR) is 206 cm³/mol. The van der Waals surface area contributed by atoms with Crippen LogP contribution in [0.5, 0.6) is 0 Å². The lowest BCUT2D eigenvalue weighted by Crippen LogP contribution is -2.09. The summed E-state index contributed by atoms with van der Waals surface area (Å²) in [4.78, 5) is 7.15. The average Bonchev–Trinajstić information content (AvgIpc) is 3.60. The molecule has 0 saturated carbocycles. The van der Waals surface area contributed by atoms with E-state index in [-0.39, 0.29) is 0 Å². The van der Waals surface area contributed by atoms with E-state index in [1.54, 1.807) is 11.3 Å². The Labute approximate surface area is 283 Å². The fourth-order valence-corrected chi connectivity index (χ4v) is 7.52. The minimum atomic E-state index is 1.05. The van der Waals surface area contributed by atoms with Gasteiger partial charge in [0.25, 0.3) is 0 Å². The summed E-state index contributed by atoms with van der Waals surface area (Å²) in [7, 11) is 0. The highest BCUT2D eigenvalue weighted by Crippen LogP contribution is 2.38. The van der Waals surface area contributed by atoms with Crippen LogP contribution in [0.1, 0.15) is 0 Å². The van der Waals surface area contributed by atoms with Crippen LogP contribution in [0.3, 0.4) is 0 Å². The lowest BCUT2D eigenvalue weighted by molar-refractivity contribution is 1.28. The molecule has 8 aromatic carbocycles. The Morgan fingerprint density at radius 1 is 0.354 bits per heavy atom. The molecule has 0 radical (unpaired) electrons. The van der Waals surface area contributed by atoms with Gasteiger partial charge < -0.3 is 4.90 Å². The fourth-order valence-electron chi connectivity index (χ4n) is 6.55. The lowest BCUT2D eigenvalue weighted by atomic mass is 9.98. The van der Waals surface area contributed by atoms with E-state index in [1.165, 1.54) is 48.5 Å². The molecule has 0 unspecified atom stereocenters. The Hall–Kier alpha value is -6.03. The van der Waals surface area contributed by atoms with Crippen molar-refractivity contribution in [2.45, 2.75) is 0 Å². The molecule has 3 heteroatoms. The zero-order valence-corrected chi connectivity index (χ0v) is 26.9. The maximum atomic E-state index is 4.83. The van der Waals surface area contributed by atoms with Crippen molar-refractivity contribution in [2.75, 3.05) is 4.90 Å². The molecule has 226 valence electrons. The van der Waals surface area contributed by atoms with Gasteiger partial charge in [-0.15, -0.1) is 11.3 Å². The maximum absolute atomic E-state index is 4.83. The van der Waals surface area contributed by atoms with Gasteiger partial charge in [0.2, 0.25) is 0 Å². The van der Waals surface area contributed by atoms with Crippen LogP contribution in [0.2, 0.25) is 0 Å². The molecule has 9 aromatic rings. The molecular weight excluding hydrogens is 601 g/mol. The van der Waals surface area contributed by atoms with Gasteiger partial charge in [-0.1, -0.05) is 115 Å². The molecule has 0 atom stereocenters. The summed E-state index contributed by atoms with van der Waals surface area (Å²) in [6.45, 7) is 0. The quantitative estimate of drug-likeness (QED) is 0.170. The van der Waals surface area contributed by atoms with Crippen molar-refractivity contribution in [1.29, 1.82) is 0 Å². The summed E-state index contributed by atoms with van der Waals surface area (Å²) in [6, 6.07) is 65.3. The molecule has 0 fully saturated rings. The lowest BCUT2D eigenvalue weighted by Gasteiger charge is -2.26. The van der Waals surface area contributed by atoms with E-state index in [1.807, 2.05) is 6.07 Å². The van der Waals surface area contributed by atoms with Crippen molar-refractivity contribution in [3.05, 3.63) is 182 Å². The van der Waals surface area contributed by atoms with Crippen LogP contribution in [0.25, 0.3) is 64.6 Å². The first-order valence-electron chi connectivity index (χ1n) is 16.2. The number of hydrogen-bond donors (Lipinski definition) is 0. The summed E-state index contributed by atoms with van der Waals surface area (Å²) in [6.07, 6.45) is 0. The van der Waals surface area contributed by atoms with E-state index < -0.39 is 0 Å². The van der Waals surface area contributed by atoms with Gasteiger partial charge in [0.05, 0.1) is 10.2 Å². The number of hydrogen-bond acceptors (Lipinski definition) is 3. The number of thiazole rings is 1. The summed E-state index contributed by atoms with van der Waals surface area (Å²) < 4.78 is 1.22. The minimum absolute atomic E-state index is 1.05. The van der Waals surface area contributed by atoms with Crippen molar-refractivity contribution >= 4 is 60.2 Å². The fraction of sp³-hybridized carbons (Fsp3) is 0. The zero-order chi connectivity index (χ0) is 31.9. The molecule has 0 aliphatic rings. The number of anilines is 3. The van der Waals surface area contributed by atoms with Crippen molar-refractivity contribution in [1.82, 2.24) is 4.98 Å². The van der Waals surface area contributed by atoms with Crippen molar-refractivity contribution < 1.29 is 0 Å². The number of para-hydroxylation sites is 2. The average molecular weight is 631 g/mol. The molecule has 0 bridgehead atoms. The third-order valence-corrected chi connectivity index (χ3v) is 10.1. The van der Waals surface area contributed by atoms with Crippen molar-refractivity contribution in [3.63, 3.8) is 0 Å². The highest BCUT2D eigenvalue weighted by molar-refractivity contribution is 7.21. The molecule has 1 heterocycles. The van der Waals surface area contributed by atoms with Gasteiger partial charge in [-0.2, -0.15) is 0 Å². The molecule has 9 rings (SSSR count). The molecule has 0 amide bonds. The summed E-state index contributed by atoms with van der Waals surface area (Å²) >= 11 is 1.74. The smallest absolute Gasteiger partial charge is 0.124 e. The zero-order valence-electron chi connectivity index (χ0n) is 26.1. The normalized spacial score (nSPS) is 11.3. The predicted octanol–water partition coefficient (Wildman–Crippen LogP) is 13.1. The minimum Gasteiger partial charge on any atom is -0.311 e. The Bertz CT molecular complexity index is 2500. The molecule has 1 aromatic heterocycles. The Balaban J connectivity index is 1.01. The standard InChI is InChI=1S/C45H30N2S/c1-2-10-40(11-3-1)47(42-26-22-33(23-27-42)37-18-19-38-28-35-8-4-5-9-36(35)29-39(38)30-37)41-24-20-32(21-25-41)31-14-16-34(17-15-31)45-46-43-12-6-7-13-44(43)48-45/h1-30H. The van der Waals surface area contributed by atoms with Gasteiger partial charge >= 0.3 is 0 Å². The van der Waals surface area contributed by atoms with Gasteiger partial charge in [0.1, 0.15) is 5.01 Å². The highest BCUT2D eigenvalue weighted by atomic mass is 32.1. The topological polar surface area (TPSA) is 16.1 Å². The number of nitrogens with zero attached hydrogens (tertiary/aromatic N) is 2. The second-order valence-electron chi connectivity index (χ2n) is 12.1. The first-order valence-corrected chi connectivity index (χ1v) is 17.0. The van der Waals surface area contributed by atoms with Gasteiger partial charge in [0, 0.05) is 22.6 Å². The van der Waals surface area contributed by atoms with Gasteiger partial charge in [-0.3, -0.25) is 0 Å². The van der Waals surface area contributed by atoms with E-state index in [0.717, 1.165) is 33.1 Å². The Kier molecular flexibility index (Phi) is 7.03. The highest BCUT2D eigenvalue weighted by Gasteiger charge is 2.14.